The molecule has 3 heteroatoms. The molecule has 0 N–H and O–H groups in total. The summed E-state index contributed by atoms with van der Waals surface area (Å²) < 4.78 is 18.3. The molecule has 0 atom stereocenters. The van der Waals surface area contributed by atoms with E-state index in [2.05, 4.69) is 12.6 Å². The van der Waals surface area contributed by atoms with E-state index in [-0.39, 0.29) is 5.82 Å². The fraction of sp³-hybridized carbons (Fsp3) is 0.600. The van der Waals surface area contributed by atoms with E-state index in [0.29, 0.717) is 12.4 Å². The van der Waals surface area contributed by atoms with Gasteiger partial charge < -0.3 is 4.74 Å². The van der Waals surface area contributed by atoms with Gasteiger partial charge in [0.05, 0.1) is 6.61 Å². The van der Waals surface area contributed by atoms with Gasteiger partial charge in [-0.25, -0.2) is 4.39 Å². The van der Waals surface area contributed by atoms with Gasteiger partial charge in [-0.3, -0.25) is 0 Å². The van der Waals surface area contributed by atoms with Crippen molar-refractivity contribution in [2.45, 2.75) is 44.9 Å². The van der Waals surface area contributed by atoms with E-state index < -0.39 is 0 Å². The van der Waals surface area contributed by atoms with E-state index in [1.807, 2.05) is 0 Å². The molecule has 0 saturated carbocycles. The van der Waals surface area contributed by atoms with Gasteiger partial charge >= 0.3 is 0 Å². The van der Waals surface area contributed by atoms with Crippen LogP contribution in [0, 0.1) is 5.82 Å². The van der Waals surface area contributed by atoms with E-state index in [1.54, 1.807) is 12.1 Å². The van der Waals surface area contributed by atoms with Gasteiger partial charge in [-0.05, 0) is 30.7 Å². The summed E-state index contributed by atoms with van der Waals surface area (Å²) in [6, 6.07) is 6.32. The molecule has 1 aromatic carbocycles. The predicted molar refractivity (Wildman–Crippen MR) is 78.1 cm³/mol. The third-order valence-electron chi connectivity index (χ3n) is 2.87. The maximum atomic E-state index is 12.9. The Kier molecular flexibility index (Phi) is 8.74. The quantitative estimate of drug-likeness (QED) is 0.471. The summed E-state index contributed by atoms with van der Waals surface area (Å²) in [6.45, 7) is 0.681. The van der Waals surface area contributed by atoms with Crippen LogP contribution in [0.15, 0.2) is 24.3 Å². The van der Waals surface area contributed by atoms with Crippen LogP contribution in [0.1, 0.15) is 44.9 Å². The lowest BCUT2D eigenvalue weighted by Crippen LogP contribution is -1.97. The minimum absolute atomic E-state index is 0.239. The summed E-state index contributed by atoms with van der Waals surface area (Å²) >= 11 is 4.19. The third kappa shape index (κ3) is 7.59. The zero-order chi connectivity index (χ0) is 13.1. The number of thiol groups is 1. The SMILES string of the molecule is Fc1cccc(OCCCCCCCCCS)c1. The van der Waals surface area contributed by atoms with E-state index in [4.69, 9.17) is 4.74 Å². The fourth-order valence-electron chi connectivity index (χ4n) is 1.84. The highest BCUT2D eigenvalue weighted by Gasteiger charge is 1.96. The molecule has 1 rings (SSSR count). The number of rotatable bonds is 10. The molecular weight excluding hydrogens is 247 g/mol. The van der Waals surface area contributed by atoms with Crippen molar-refractivity contribution >= 4 is 12.6 Å². The van der Waals surface area contributed by atoms with Gasteiger partial charge in [0.1, 0.15) is 11.6 Å². The largest absolute Gasteiger partial charge is 0.493 e. The Hall–Kier alpha value is -0.700. The van der Waals surface area contributed by atoms with Crippen LogP contribution in [0.5, 0.6) is 5.75 Å². The molecule has 18 heavy (non-hydrogen) atoms. The van der Waals surface area contributed by atoms with Crippen molar-refractivity contribution < 1.29 is 9.13 Å². The molecule has 0 saturated heterocycles. The van der Waals surface area contributed by atoms with Crippen LogP contribution in [-0.4, -0.2) is 12.4 Å². The smallest absolute Gasteiger partial charge is 0.126 e. The molecule has 0 unspecified atom stereocenters. The van der Waals surface area contributed by atoms with E-state index in [0.717, 1.165) is 12.2 Å². The Morgan fingerprint density at radius 1 is 0.944 bits per heavy atom. The number of unbranched alkanes of at least 4 members (excludes halogenated alkanes) is 6. The Labute approximate surface area is 115 Å². The van der Waals surface area contributed by atoms with Gasteiger partial charge in [0.2, 0.25) is 0 Å². The van der Waals surface area contributed by atoms with E-state index in [9.17, 15) is 4.39 Å². The lowest BCUT2D eigenvalue weighted by Gasteiger charge is -2.06. The lowest BCUT2D eigenvalue weighted by atomic mass is 10.1. The fourth-order valence-corrected chi connectivity index (χ4v) is 2.07. The second-order valence-corrected chi connectivity index (χ2v) is 4.95. The van der Waals surface area contributed by atoms with Gasteiger partial charge in [0.25, 0.3) is 0 Å². The molecule has 0 fully saturated rings. The van der Waals surface area contributed by atoms with Crippen molar-refractivity contribution in [3.63, 3.8) is 0 Å². The number of hydrogen-bond acceptors (Lipinski definition) is 2. The van der Waals surface area contributed by atoms with Crippen LogP contribution in [0.3, 0.4) is 0 Å². The van der Waals surface area contributed by atoms with Crippen molar-refractivity contribution in [3.05, 3.63) is 30.1 Å². The van der Waals surface area contributed by atoms with Gasteiger partial charge in [0, 0.05) is 6.07 Å². The van der Waals surface area contributed by atoms with Gasteiger partial charge in [-0.15, -0.1) is 0 Å². The van der Waals surface area contributed by atoms with E-state index in [1.165, 1.54) is 50.7 Å². The molecule has 0 spiro atoms. The second kappa shape index (κ2) is 10.2. The summed E-state index contributed by atoms with van der Waals surface area (Å²) in [5, 5.41) is 0. The summed E-state index contributed by atoms with van der Waals surface area (Å²) in [7, 11) is 0. The minimum atomic E-state index is -0.239. The maximum absolute atomic E-state index is 12.9. The Bertz CT molecular complexity index is 317. The van der Waals surface area contributed by atoms with Crippen LogP contribution in [-0.2, 0) is 0 Å². The van der Waals surface area contributed by atoms with Crippen LogP contribution >= 0.6 is 12.6 Å². The topological polar surface area (TPSA) is 9.23 Å². The molecule has 0 aliphatic heterocycles. The minimum Gasteiger partial charge on any atom is -0.493 e. The standard InChI is InChI=1S/C15H23FOS/c16-14-9-8-10-15(13-14)17-11-6-4-2-1-3-5-7-12-18/h8-10,13,18H,1-7,11-12H2. The first kappa shape index (κ1) is 15.4. The van der Waals surface area contributed by atoms with Gasteiger partial charge in [-0.1, -0.05) is 38.2 Å². The number of hydrogen-bond donors (Lipinski definition) is 1. The van der Waals surface area contributed by atoms with Crippen LogP contribution in [0.2, 0.25) is 0 Å². The van der Waals surface area contributed by atoms with E-state index >= 15 is 0 Å². The number of ether oxygens (including phenoxy) is 1. The summed E-state index contributed by atoms with van der Waals surface area (Å²) in [4.78, 5) is 0. The molecule has 1 aromatic rings. The van der Waals surface area contributed by atoms with Gasteiger partial charge in [0.15, 0.2) is 0 Å². The Morgan fingerprint density at radius 2 is 1.61 bits per heavy atom. The average molecular weight is 270 g/mol. The average Bonchev–Trinajstić information content (AvgIpc) is 2.37. The zero-order valence-corrected chi connectivity index (χ0v) is 11.8. The maximum Gasteiger partial charge on any atom is 0.126 e. The highest BCUT2D eigenvalue weighted by atomic mass is 32.1. The van der Waals surface area contributed by atoms with Crippen LogP contribution < -0.4 is 4.74 Å². The van der Waals surface area contributed by atoms with Crippen LogP contribution in [0.4, 0.5) is 4.39 Å². The molecule has 0 aliphatic rings. The monoisotopic (exact) mass is 270 g/mol. The molecule has 0 heterocycles. The zero-order valence-electron chi connectivity index (χ0n) is 10.9. The molecular formula is C15H23FOS. The first-order valence-electron chi connectivity index (χ1n) is 6.82. The predicted octanol–water partition coefficient (Wildman–Crippen LogP) is 4.87. The second-order valence-electron chi connectivity index (χ2n) is 4.50. The normalized spacial score (nSPS) is 10.6. The van der Waals surface area contributed by atoms with Crippen molar-refractivity contribution in [2.24, 2.45) is 0 Å². The Morgan fingerprint density at radius 3 is 2.28 bits per heavy atom. The van der Waals surface area contributed by atoms with Gasteiger partial charge in [-0.2, -0.15) is 12.6 Å². The number of halogens is 1. The number of benzene rings is 1. The lowest BCUT2D eigenvalue weighted by molar-refractivity contribution is 0.303. The van der Waals surface area contributed by atoms with Crippen molar-refractivity contribution in [2.75, 3.05) is 12.4 Å². The summed E-state index contributed by atoms with van der Waals surface area (Å²) in [6.07, 6.45) is 8.63. The third-order valence-corrected chi connectivity index (χ3v) is 3.18. The van der Waals surface area contributed by atoms with Crippen molar-refractivity contribution in [3.8, 4) is 5.75 Å². The first-order chi connectivity index (χ1) is 8.83. The highest BCUT2D eigenvalue weighted by molar-refractivity contribution is 7.80. The van der Waals surface area contributed by atoms with Crippen molar-refractivity contribution in [1.29, 1.82) is 0 Å². The first-order valence-corrected chi connectivity index (χ1v) is 7.45. The highest BCUT2D eigenvalue weighted by Crippen LogP contribution is 2.13. The molecule has 0 amide bonds. The van der Waals surface area contributed by atoms with Crippen LogP contribution in [0.25, 0.3) is 0 Å². The Balaban J connectivity index is 1.92. The molecule has 1 nitrogen and oxygen atoms in total. The summed E-state index contributed by atoms with van der Waals surface area (Å²) in [5.41, 5.74) is 0. The molecule has 0 radical (unpaired) electrons. The molecule has 102 valence electrons. The molecule has 0 aliphatic carbocycles. The summed E-state index contributed by atoms with van der Waals surface area (Å²) in [5.74, 6) is 1.39. The molecule has 0 bridgehead atoms. The molecule has 0 aromatic heterocycles. The van der Waals surface area contributed by atoms with Crippen molar-refractivity contribution in [1.82, 2.24) is 0 Å².